The van der Waals surface area contributed by atoms with E-state index in [0.29, 0.717) is 6.42 Å². The molecule has 0 unspecified atom stereocenters. The van der Waals surface area contributed by atoms with Gasteiger partial charge < -0.3 is 15.5 Å². The Morgan fingerprint density at radius 3 is 2.35 bits per heavy atom. The number of hydrogen-bond acceptors (Lipinski definition) is 3. The Bertz CT molecular complexity index is 500. The number of amides is 2. The van der Waals surface area contributed by atoms with Crippen LogP contribution in [0.15, 0.2) is 24.3 Å². The van der Waals surface area contributed by atoms with E-state index in [1.807, 2.05) is 6.92 Å². The van der Waals surface area contributed by atoms with Gasteiger partial charge in [0.25, 0.3) is 0 Å². The Kier molecular flexibility index (Phi) is 6.11. The van der Waals surface area contributed by atoms with Gasteiger partial charge in [0.2, 0.25) is 11.8 Å². The van der Waals surface area contributed by atoms with E-state index in [9.17, 15) is 9.59 Å². The number of carbonyl (C=O) groups is 2. The normalized spacial score (nSPS) is 9.75. The molecule has 0 radical (unpaired) electrons. The molecule has 0 fully saturated rings. The fraction of sp³-hybridized carbons (Fsp3) is 0.357. The van der Waals surface area contributed by atoms with Crippen molar-refractivity contribution in [3.05, 3.63) is 24.3 Å². The van der Waals surface area contributed by atoms with Crippen LogP contribution in [0.5, 0.6) is 0 Å². The van der Waals surface area contributed by atoms with Crippen molar-refractivity contribution in [2.45, 2.75) is 26.7 Å². The van der Waals surface area contributed by atoms with Crippen LogP contribution < -0.4 is 15.5 Å². The molecule has 1 aromatic carbocycles. The number of nitrogens with zero attached hydrogens (tertiary/aromatic N) is 1. The van der Waals surface area contributed by atoms with E-state index in [-0.39, 0.29) is 16.9 Å². The Hall–Kier alpha value is -1.95. The van der Waals surface area contributed by atoms with E-state index < -0.39 is 0 Å². The monoisotopic (exact) mass is 293 g/mol. The van der Waals surface area contributed by atoms with Crippen LogP contribution in [-0.2, 0) is 9.59 Å². The first kappa shape index (κ1) is 16.1. The highest BCUT2D eigenvalue weighted by Crippen LogP contribution is 2.16. The molecular formula is C14H19N3O2S. The zero-order chi connectivity index (χ0) is 15.1. The fourth-order valence-corrected chi connectivity index (χ4v) is 1.76. The second-order valence-electron chi connectivity index (χ2n) is 4.38. The van der Waals surface area contributed by atoms with Gasteiger partial charge in [-0.1, -0.05) is 6.92 Å². The van der Waals surface area contributed by atoms with Gasteiger partial charge in [-0.25, -0.2) is 0 Å². The zero-order valence-electron chi connectivity index (χ0n) is 11.9. The molecule has 2 N–H and O–H groups in total. The molecule has 0 aromatic heterocycles. The number of hydrogen-bond donors (Lipinski definition) is 2. The van der Waals surface area contributed by atoms with Crippen molar-refractivity contribution >= 4 is 40.5 Å². The molecular weight excluding hydrogens is 274 g/mol. The van der Waals surface area contributed by atoms with Crippen molar-refractivity contribution in [3.63, 3.8) is 0 Å². The van der Waals surface area contributed by atoms with Gasteiger partial charge in [0.1, 0.15) is 0 Å². The van der Waals surface area contributed by atoms with E-state index >= 15 is 0 Å². The van der Waals surface area contributed by atoms with E-state index in [4.69, 9.17) is 12.2 Å². The SMILES string of the molecule is CCCC(=O)NC(=S)Nc1ccc(N(C)C(C)=O)cc1. The number of benzene rings is 1. The maximum absolute atomic E-state index is 11.4. The quantitative estimate of drug-likeness (QED) is 0.836. The Morgan fingerprint density at radius 2 is 1.85 bits per heavy atom. The van der Waals surface area contributed by atoms with Crippen LogP contribution in [0.2, 0.25) is 0 Å². The summed E-state index contributed by atoms with van der Waals surface area (Å²) in [7, 11) is 1.71. The molecule has 5 nitrogen and oxygen atoms in total. The largest absolute Gasteiger partial charge is 0.332 e. The summed E-state index contributed by atoms with van der Waals surface area (Å²) in [5, 5.41) is 5.80. The molecule has 0 heterocycles. The highest BCUT2D eigenvalue weighted by Gasteiger charge is 2.06. The Labute approximate surface area is 124 Å². The van der Waals surface area contributed by atoms with Crippen molar-refractivity contribution in [1.82, 2.24) is 5.32 Å². The molecule has 2 amide bonds. The van der Waals surface area contributed by atoms with Gasteiger partial charge in [0, 0.05) is 31.8 Å². The number of nitrogens with one attached hydrogen (secondary N) is 2. The second-order valence-corrected chi connectivity index (χ2v) is 4.79. The second kappa shape index (κ2) is 7.59. The van der Waals surface area contributed by atoms with Crippen LogP contribution in [0.4, 0.5) is 11.4 Å². The maximum Gasteiger partial charge on any atom is 0.226 e. The minimum absolute atomic E-state index is 0.0342. The van der Waals surface area contributed by atoms with Crippen molar-refractivity contribution in [2.24, 2.45) is 0 Å². The van der Waals surface area contributed by atoms with Gasteiger partial charge in [-0.05, 0) is 42.9 Å². The van der Waals surface area contributed by atoms with Crippen LogP contribution in [0.3, 0.4) is 0 Å². The molecule has 1 aromatic rings. The van der Waals surface area contributed by atoms with E-state index in [2.05, 4.69) is 10.6 Å². The third-order valence-corrected chi connectivity index (χ3v) is 2.92. The summed E-state index contributed by atoms with van der Waals surface area (Å²) in [5.74, 6) is -0.133. The molecule has 0 spiro atoms. The fourth-order valence-electron chi connectivity index (χ4n) is 1.53. The van der Waals surface area contributed by atoms with Gasteiger partial charge in [0.15, 0.2) is 5.11 Å². The minimum Gasteiger partial charge on any atom is -0.332 e. The topological polar surface area (TPSA) is 61.4 Å². The number of thiocarbonyl (C=S) groups is 1. The van der Waals surface area contributed by atoms with Gasteiger partial charge >= 0.3 is 0 Å². The number of anilines is 2. The molecule has 20 heavy (non-hydrogen) atoms. The van der Waals surface area contributed by atoms with Gasteiger partial charge in [-0.2, -0.15) is 0 Å². The van der Waals surface area contributed by atoms with Crippen LogP contribution in [-0.4, -0.2) is 24.0 Å². The average Bonchev–Trinajstić information content (AvgIpc) is 2.38. The molecule has 0 bridgehead atoms. The number of carbonyl (C=O) groups excluding carboxylic acids is 2. The Balaban J connectivity index is 2.59. The van der Waals surface area contributed by atoms with Crippen LogP contribution in [0.1, 0.15) is 26.7 Å². The summed E-state index contributed by atoms with van der Waals surface area (Å²) >= 11 is 5.04. The van der Waals surface area contributed by atoms with E-state index in [1.54, 1.807) is 36.2 Å². The summed E-state index contributed by atoms with van der Waals surface area (Å²) in [6, 6.07) is 7.21. The molecule has 0 aliphatic rings. The van der Waals surface area contributed by atoms with Crippen LogP contribution in [0, 0.1) is 0 Å². The zero-order valence-corrected chi connectivity index (χ0v) is 12.7. The van der Waals surface area contributed by atoms with Crippen molar-refractivity contribution in [1.29, 1.82) is 0 Å². The molecule has 0 aliphatic heterocycles. The van der Waals surface area contributed by atoms with Crippen molar-refractivity contribution in [2.75, 3.05) is 17.3 Å². The molecule has 0 saturated carbocycles. The highest BCUT2D eigenvalue weighted by molar-refractivity contribution is 7.80. The third kappa shape index (κ3) is 4.97. The summed E-state index contributed by atoms with van der Waals surface area (Å²) in [6.45, 7) is 3.44. The summed E-state index contributed by atoms with van der Waals surface area (Å²) in [6.07, 6.45) is 1.23. The standard InChI is InChI=1S/C14H19N3O2S/c1-4-5-13(19)16-14(20)15-11-6-8-12(9-7-11)17(3)10(2)18/h6-9H,4-5H2,1-3H3,(H2,15,16,19,20). The van der Waals surface area contributed by atoms with E-state index in [1.165, 1.54) is 6.92 Å². The minimum atomic E-state index is -0.0991. The molecule has 108 valence electrons. The van der Waals surface area contributed by atoms with E-state index in [0.717, 1.165) is 17.8 Å². The molecule has 0 atom stereocenters. The molecule has 0 aliphatic carbocycles. The summed E-state index contributed by atoms with van der Waals surface area (Å²) in [4.78, 5) is 24.2. The lowest BCUT2D eigenvalue weighted by Crippen LogP contribution is -2.33. The summed E-state index contributed by atoms with van der Waals surface area (Å²) in [5.41, 5.74) is 1.55. The number of rotatable bonds is 4. The average molecular weight is 293 g/mol. The predicted octanol–water partition coefficient (Wildman–Crippen LogP) is 2.28. The lowest BCUT2D eigenvalue weighted by molar-refractivity contribution is -0.119. The van der Waals surface area contributed by atoms with Crippen LogP contribution in [0.25, 0.3) is 0 Å². The highest BCUT2D eigenvalue weighted by atomic mass is 32.1. The first-order valence-electron chi connectivity index (χ1n) is 6.39. The lowest BCUT2D eigenvalue weighted by Gasteiger charge is -2.15. The van der Waals surface area contributed by atoms with Gasteiger partial charge in [-0.3, -0.25) is 9.59 Å². The first-order valence-corrected chi connectivity index (χ1v) is 6.80. The Morgan fingerprint density at radius 1 is 1.25 bits per heavy atom. The predicted molar refractivity (Wildman–Crippen MR) is 84.8 cm³/mol. The summed E-state index contributed by atoms with van der Waals surface area (Å²) < 4.78 is 0. The van der Waals surface area contributed by atoms with Crippen molar-refractivity contribution in [3.8, 4) is 0 Å². The third-order valence-electron chi connectivity index (χ3n) is 2.71. The van der Waals surface area contributed by atoms with Crippen molar-refractivity contribution < 1.29 is 9.59 Å². The molecule has 0 saturated heterocycles. The molecule has 1 rings (SSSR count). The van der Waals surface area contributed by atoms with Crippen LogP contribution >= 0.6 is 12.2 Å². The van der Waals surface area contributed by atoms with Gasteiger partial charge in [-0.15, -0.1) is 0 Å². The maximum atomic E-state index is 11.4. The lowest BCUT2D eigenvalue weighted by atomic mass is 10.2. The van der Waals surface area contributed by atoms with Gasteiger partial charge in [0.05, 0.1) is 0 Å². The first-order chi connectivity index (χ1) is 9.43. The molecule has 6 heteroatoms. The smallest absolute Gasteiger partial charge is 0.226 e.